The first kappa shape index (κ1) is 7.18. The van der Waals surface area contributed by atoms with Crippen LogP contribution in [0.15, 0.2) is 5.29 Å². The van der Waals surface area contributed by atoms with E-state index in [1.807, 2.05) is 0 Å². The molecule has 1 fully saturated rings. The summed E-state index contributed by atoms with van der Waals surface area (Å²) in [5, 5.41) is 4.18. The minimum atomic E-state index is 0.242. The molecule has 0 aliphatic carbocycles. The van der Waals surface area contributed by atoms with Crippen LogP contribution in [-0.2, 0) is 4.79 Å². The third-order valence-corrected chi connectivity index (χ3v) is 1.64. The van der Waals surface area contributed by atoms with Crippen molar-refractivity contribution in [3.05, 3.63) is 4.91 Å². The number of rotatable bonds is 1. The molecular formula is C6H10N2O2. The van der Waals surface area contributed by atoms with Crippen LogP contribution in [0, 0.1) is 4.91 Å². The fourth-order valence-corrected chi connectivity index (χ4v) is 1.03. The van der Waals surface area contributed by atoms with Gasteiger partial charge in [0.25, 0.3) is 0 Å². The summed E-state index contributed by atoms with van der Waals surface area (Å²) in [4.78, 5) is 20.8. The van der Waals surface area contributed by atoms with Crippen LogP contribution in [0.5, 0.6) is 0 Å². The predicted octanol–water partition coefficient (Wildman–Crippen LogP) is 0.723. The van der Waals surface area contributed by atoms with Gasteiger partial charge in [-0.1, -0.05) is 0 Å². The number of carbonyl (C=O) groups excluding carboxylic acids is 1. The fraction of sp³-hybridized carbons (Fsp3) is 0.833. The molecule has 0 aromatic rings. The number of nitrogens with zero attached hydrogens (tertiary/aromatic N) is 2. The Bertz CT molecular complexity index is 147. The van der Waals surface area contributed by atoms with Crippen molar-refractivity contribution in [2.75, 3.05) is 13.1 Å². The van der Waals surface area contributed by atoms with Crippen LogP contribution in [0.1, 0.15) is 19.3 Å². The second kappa shape index (κ2) is 3.29. The summed E-state index contributed by atoms with van der Waals surface area (Å²) in [6.45, 7) is 1.14. The molecule has 1 heterocycles. The van der Waals surface area contributed by atoms with Crippen LogP contribution >= 0.6 is 0 Å². The standard InChI is InChI=1S/C6H10N2O2/c9-6-2-1-4-8(7-10)5-3-6/h1-5H2. The normalized spacial score (nSPS) is 20.4. The molecule has 0 saturated carbocycles. The van der Waals surface area contributed by atoms with Crippen LogP contribution < -0.4 is 0 Å². The Hall–Kier alpha value is -0.930. The van der Waals surface area contributed by atoms with Crippen molar-refractivity contribution in [2.45, 2.75) is 19.3 Å². The second-order valence-electron chi connectivity index (χ2n) is 2.43. The number of Topliss-reactive ketones (excluding diaryl/α,β-unsaturated/α-hetero) is 1. The SMILES string of the molecule is O=NN1CCCC(=O)CC1. The van der Waals surface area contributed by atoms with E-state index < -0.39 is 0 Å². The van der Waals surface area contributed by atoms with Gasteiger partial charge < -0.3 is 0 Å². The van der Waals surface area contributed by atoms with E-state index in [2.05, 4.69) is 5.29 Å². The van der Waals surface area contributed by atoms with E-state index in [1.54, 1.807) is 0 Å². The molecule has 4 heteroatoms. The first-order valence-electron chi connectivity index (χ1n) is 3.43. The number of nitroso groups, excluding NO2 is 1. The van der Waals surface area contributed by atoms with Gasteiger partial charge in [0, 0.05) is 25.9 Å². The average molecular weight is 142 g/mol. The van der Waals surface area contributed by atoms with E-state index in [9.17, 15) is 9.70 Å². The molecule has 1 rings (SSSR count). The molecular weight excluding hydrogens is 132 g/mol. The molecule has 0 N–H and O–H groups in total. The lowest BCUT2D eigenvalue weighted by atomic mass is 10.2. The highest BCUT2D eigenvalue weighted by Gasteiger charge is 2.12. The van der Waals surface area contributed by atoms with Crippen molar-refractivity contribution in [3.63, 3.8) is 0 Å². The van der Waals surface area contributed by atoms with Crippen molar-refractivity contribution < 1.29 is 4.79 Å². The molecule has 1 aliphatic heterocycles. The summed E-state index contributed by atoms with van der Waals surface area (Å²) < 4.78 is 0. The lowest BCUT2D eigenvalue weighted by molar-refractivity contribution is -0.118. The van der Waals surface area contributed by atoms with Gasteiger partial charge in [0.05, 0.1) is 5.29 Å². The van der Waals surface area contributed by atoms with E-state index in [1.165, 1.54) is 5.01 Å². The van der Waals surface area contributed by atoms with Gasteiger partial charge in [-0.15, -0.1) is 4.91 Å². The van der Waals surface area contributed by atoms with Gasteiger partial charge in [0.2, 0.25) is 0 Å². The quantitative estimate of drug-likeness (QED) is 0.507. The Morgan fingerprint density at radius 2 is 2.10 bits per heavy atom. The molecule has 0 unspecified atom stereocenters. The molecule has 0 aromatic carbocycles. The third-order valence-electron chi connectivity index (χ3n) is 1.64. The van der Waals surface area contributed by atoms with E-state index in [0.29, 0.717) is 25.9 Å². The summed E-state index contributed by atoms with van der Waals surface area (Å²) in [5.74, 6) is 0.242. The minimum absolute atomic E-state index is 0.242. The molecule has 4 nitrogen and oxygen atoms in total. The molecule has 10 heavy (non-hydrogen) atoms. The summed E-state index contributed by atoms with van der Waals surface area (Å²) in [6.07, 6.45) is 1.85. The first-order valence-corrected chi connectivity index (χ1v) is 3.43. The van der Waals surface area contributed by atoms with Gasteiger partial charge in [-0.3, -0.25) is 9.80 Å². The van der Waals surface area contributed by atoms with E-state index >= 15 is 0 Å². The monoisotopic (exact) mass is 142 g/mol. The van der Waals surface area contributed by atoms with Crippen molar-refractivity contribution in [3.8, 4) is 0 Å². The van der Waals surface area contributed by atoms with Crippen molar-refractivity contribution in [1.82, 2.24) is 5.01 Å². The van der Waals surface area contributed by atoms with E-state index in [4.69, 9.17) is 0 Å². The number of ketones is 1. The van der Waals surface area contributed by atoms with Crippen molar-refractivity contribution in [2.24, 2.45) is 5.29 Å². The van der Waals surface area contributed by atoms with Crippen molar-refractivity contribution in [1.29, 1.82) is 0 Å². The van der Waals surface area contributed by atoms with E-state index in [-0.39, 0.29) is 5.78 Å². The predicted molar refractivity (Wildman–Crippen MR) is 36.2 cm³/mol. The minimum Gasteiger partial charge on any atom is -0.300 e. The topological polar surface area (TPSA) is 49.7 Å². The third kappa shape index (κ3) is 1.79. The Morgan fingerprint density at radius 3 is 2.80 bits per heavy atom. The molecule has 1 saturated heterocycles. The van der Waals surface area contributed by atoms with Crippen LogP contribution in [-0.4, -0.2) is 23.9 Å². The van der Waals surface area contributed by atoms with Crippen LogP contribution in [0.2, 0.25) is 0 Å². The zero-order valence-corrected chi connectivity index (χ0v) is 5.75. The fourth-order valence-electron chi connectivity index (χ4n) is 1.03. The van der Waals surface area contributed by atoms with Gasteiger partial charge >= 0.3 is 0 Å². The van der Waals surface area contributed by atoms with E-state index in [0.717, 1.165) is 6.42 Å². The summed E-state index contributed by atoms with van der Waals surface area (Å²) in [5.41, 5.74) is 0. The maximum Gasteiger partial charge on any atom is 0.134 e. The van der Waals surface area contributed by atoms with Crippen LogP contribution in [0.3, 0.4) is 0 Å². The molecule has 0 amide bonds. The first-order chi connectivity index (χ1) is 4.83. The highest BCUT2D eigenvalue weighted by atomic mass is 16.3. The smallest absolute Gasteiger partial charge is 0.134 e. The Labute approximate surface area is 59.1 Å². The number of carbonyl (C=O) groups is 1. The van der Waals surface area contributed by atoms with Gasteiger partial charge in [-0.25, -0.2) is 0 Å². The zero-order valence-electron chi connectivity index (χ0n) is 5.75. The number of hydrogen-bond donors (Lipinski definition) is 0. The van der Waals surface area contributed by atoms with Crippen LogP contribution in [0.25, 0.3) is 0 Å². The molecule has 0 aromatic heterocycles. The summed E-state index contributed by atoms with van der Waals surface area (Å²) in [6, 6.07) is 0. The largest absolute Gasteiger partial charge is 0.300 e. The Balaban J connectivity index is 2.40. The molecule has 0 radical (unpaired) electrons. The van der Waals surface area contributed by atoms with Gasteiger partial charge in [-0.05, 0) is 6.42 Å². The summed E-state index contributed by atoms with van der Waals surface area (Å²) >= 11 is 0. The zero-order chi connectivity index (χ0) is 7.40. The highest BCUT2D eigenvalue weighted by Crippen LogP contribution is 2.05. The molecule has 56 valence electrons. The molecule has 0 bridgehead atoms. The molecule has 0 spiro atoms. The lowest BCUT2D eigenvalue weighted by Crippen LogP contribution is -2.17. The second-order valence-corrected chi connectivity index (χ2v) is 2.43. The molecule has 0 atom stereocenters. The van der Waals surface area contributed by atoms with Gasteiger partial charge in [0.1, 0.15) is 5.78 Å². The maximum atomic E-state index is 10.8. The summed E-state index contributed by atoms with van der Waals surface area (Å²) in [7, 11) is 0. The van der Waals surface area contributed by atoms with Crippen molar-refractivity contribution >= 4 is 5.78 Å². The van der Waals surface area contributed by atoms with Gasteiger partial charge in [-0.2, -0.15) is 0 Å². The Kier molecular flexibility index (Phi) is 2.36. The number of hydrogen-bond acceptors (Lipinski definition) is 3. The maximum absolute atomic E-state index is 10.8. The average Bonchev–Trinajstić information content (AvgIpc) is 2.14. The van der Waals surface area contributed by atoms with Crippen LogP contribution in [0.4, 0.5) is 0 Å². The van der Waals surface area contributed by atoms with Gasteiger partial charge in [0.15, 0.2) is 0 Å². The highest BCUT2D eigenvalue weighted by molar-refractivity contribution is 5.78. The lowest BCUT2D eigenvalue weighted by Gasteiger charge is -2.08. The Morgan fingerprint density at radius 1 is 1.30 bits per heavy atom. The molecule has 1 aliphatic rings.